The summed E-state index contributed by atoms with van der Waals surface area (Å²) in [6.07, 6.45) is 1.06. The number of hydrogen-bond acceptors (Lipinski definition) is 4. The summed E-state index contributed by atoms with van der Waals surface area (Å²) in [5.74, 6) is -0.571. The van der Waals surface area contributed by atoms with E-state index in [4.69, 9.17) is 4.74 Å². The first-order valence-corrected chi connectivity index (χ1v) is 8.95. The number of ether oxygens (including phenoxy) is 1. The fourth-order valence-electron chi connectivity index (χ4n) is 3.81. The third-order valence-corrected chi connectivity index (χ3v) is 5.39. The van der Waals surface area contributed by atoms with Crippen molar-refractivity contribution in [2.24, 2.45) is 0 Å². The standard InChI is InChI=1S/C21H22N2O3/c1-26-21(25)19-9-5-4-8-18(19)20(24)23-13-17(14-23)22-11-10-15-6-2-3-7-16(15)12-22/h2-9,17H,10-14H2,1H3. The Labute approximate surface area is 153 Å². The van der Waals surface area contributed by atoms with E-state index in [0.717, 1.165) is 19.5 Å². The predicted molar refractivity (Wildman–Crippen MR) is 98.0 cm³/mol. The number of fused-ring (bicyclic) bond motifs is 1. The van der Waals surface area contributed by atoms with Gasteiger partial charge >= 0.3 is 5.97 Å². The van der Waals surface area contributed by atoms with E-state index in [-0.39, 0.29) is 5.91 Å². The number of nitrogens with zero attached hydrogens (tertiary/aromatic N) is 2. The predicted octanol–water partition coefficient (Wildman–Crippen LogP) is 2.36. The second-order valence-corrected chi connectivity index (χ2v) is 6.89. The highest BCUT2D eigenvalue weighted by Crippen LogP contribution is 2.26. The normalized spacial score (nSPS) is 17.3. The molecular weight excluding hydrogens is 328 g/mol. The zero-order chi connectivity index (χ0) is 18.1. The van der Waals surface area contributed by atoms with E-state index < -0.39 is 5.97 Å². The fraction of sp³-hybridized carbons (Fsp3) is 0.333. The number of carbonyl (C=O) groups excluding carboxylic acids is 2. The molecule has 0 bridgehead atoms. The second-order valence-electron chi connectivity index (χ2n) is 6.89. The molecule has 2 aromatic carbocycles. The molecule has 2 aromatic rings. The number of likely N-dealkylation sites (tertiary alicyclic amines) is 1. The average molecular weight is 350 g/mol. The number of rotatable bonds is 3. The van der Waals surface area contributed by atoms with Crippen molar-refractivity contribution in [1.29, 1.82) is 0 Å². The van der Waals surface area contributed by atoms with Gasteiger partial charge in [0.25, 0.3) is 5.91 Å². The Bertz CT molecular complexity index is 843. The number of carbonyl (C=O) groups is 2. The Balaban J connectivity index is 1.41. The van der Waals surface area contributed by atoms with E-state index in [1.54, 1.807) is 24.3 Å². The SMILES string of the molecule is COC(=O)c1ccccc1C(=O)N1CC(N2CCc3ccccc3C2)C1. The van der Waals surface area contributed by atoms with Crippen LogP contribution in [0.1, 0.15) is 31.8 Å². The molecule has 0 spiro atoms. The lowest BCUT2D eigenvalue weighted by Gasteiger charge is -2.47. The van der Waals surface area contributed by atoms with Gasteiger partial charge in [0.1, 0.15) is 0 Å². The molecule has 2 heterocycles. The van der Waals surface area contributed by atoms with Crippen LogP contribution >= 0.6 is 0 Å². The molecule has 5 heteroatoms. The number of benzene rings is 2. The van der Waals surface area contributed by atoms with Gasteiger partial charge in [-0.15, -0.1) is 0 Å². The Morgan fingerprint density at radius 2 is 1.62 bits per heavy atom. The molecule has 26 heavy (non-hydrogen) atoms. The molecule has 0 unspecified atom stereocenters. The van der Waals surface area contributed by atoms with Crippen molar-refractivity contribution in [3.63, 3.8) is 0 Å². The highest BCUT2D eigenvalue weighted by molar-refractivity contribution is 6.05. The lowest BCUT2D eigenvalue weighted by Crippen LogP contribution is -2.61. The third kappa shape index (κ3) is 2.99. The minimum atomic E-state index is -0.473. The minimum absolute atomic E-state index is 0.0975. The number of esters is 1. The van der Waals surface area contributed by atoms with Crippen molar-refractivity contribution in [3.05, 3.63) is 70.8 Å². The van der Waals surface area contributed by atoms with Crippen LogP contribution in [0.3, 0.4) is 0 Å². The summed E-state index contributed by atoms with van der Waals surface area (Å²) >= 11 is 0. The molecule has 1 fully saturated rings. The lowest BCUT2D eigenvalue weighted by atomic mass is 9.96. The van der Waals surface area contributed by atoms with Crippen LogP contribution in [0.2, 0.25) is 0 Å². The fourth-order valence-corrected chi connectivity index (χ4v) is 3.81. The Morgan fingerprint density at radius 3 is 2.35 bits per heavy atom. The van der Waals surface area contributed by atoms with Crippen LogP contribution in [0.5, 0.6) is 0 Å². The summed E-state index contributed by atoms with van der Waals surface area (Å²) in [4.78, 5) is 29.0. The van der Waals surface area contributed by atoms with Crippen LogP contribution in [-0.2, 0) is 17.7 Å². The molecule has 2 aliphatic rings. The number of amides is 1. The lowest BCUT2D eigenvalue weighted by molar-refractivity contribution is 0.0215. The molecule has 0 radical (unpaired) electrons. The zero-order valence-electron chi connectivity index (χ0n) is 14.9. The van der Waals surface area contributed by atoms with Crippen molar-refractivity contribution in [1.82, 2.24) is 9.80 Å². The minimum Gasteiger partial charge on any atom is -0.465 e. The maximum absolute atomic E-state index is 12.8. The average Bonchev–Trinajstić information content (AvgIpc) is 2.66. The molecule has 1 saturated heterocycles. The summed E-state index contributed by atoms with van der Waals surface area (Å²) in [5, 5.41) is 0. The van der Waals surface area contributed by atoms with Crippen LogP contribution in [0.15, 0.2) is 48.5 Å². The van der Waals surface area contributed by atoms with E-state index in [2.05, 4.69) is 29.2 Å². The third-order valence-electron chi connectivity index (χ3n) is 5.39. The van der Waals surface area contributed by atoms with Gasteiger partial charge in [-0.2, -0.15) is 0 Å². The highest BCUT2D eigenvalue weighted by atomic mass is 16.5. The van der Waals surface area contributed by atoms with Gasteiger partial charge < -0.3 is 9.64 Å². The molecule has 5 nitrogen and oxygen atoms in total. The van der Waals surface area contributed by atoms with Gasteiger partial charge in [-0.05, 0) is 29.7 Å². The van der Waals surface area contributed by atoms with Crippen LogP contribution in [0.4, 0.5) is 0 Å². The monoisotopic (exact) mass is 350 g/mol. The van der Waals surface area contributed by atoms with Crippen LogP contribution in [0, 0.1) is 0 Å². The zero-order valence-corrected chi connectivity index (χ0v) is 14.9. The van der Waals surface area contributed by atoms with Crippen LogP contribution in [-0.4, -0.2) is 54.5 Å². The molecule has 134 valence electrons. The first-order chi connectivity index (χ1) is 12.7. The van der Waals surface area contributed by atoms with Crippen molar-refractivity contribution in [3.8, 4) is 0 Å². The van der Waals surface area contributed by atoms with Gasteiger partial charge in [0.2, 0.25) is 0 Å². The van der Waals surface area contributed by atoms with E-state index >= 15 is 0 Å². The molecule has 0 aromatic heterocycles. The van der Waals surface area contributed by atoms with Crippen molar-refractivity contribution < 1.29 is 14.3 Å². The first kappa shape index (κ1) is 16.8. The number of hydrogen-bond donors (Lipinski definition) is 0. The largest absolute Gasteiger partial charge is 0.465 e. The molecule has 2 aliphatic heterocycles. The maximum Gasteiger partial charge on any atom is 0.338 e. The van der Waals surface area contributed by atoms with Crippen LogP contribution in [0.25, 0.3) is 0 Å². The summed E-state index contributed by atoms with van der Waals surface area (Å²) in [6, 6.07) is 15.8. The Hall–Kier alpha value is -2.66. The Kier molecular flexibility index (Phi) is 4.47. The highest BCUT2D eigenvalue weighted by Gasteiger charge is 2.37. The Morgan fingerprint density at radius 1 is 0.962 bits per heavy atom. The van der Waals surface area contributed by atoms with Crippen molar-refractivity contribution in [2.75, 3.05) is 26.7 Å². The molecule has 0 N–H and O–H groups in total. The van der Waals surface area contributed by atoms with E-state index in [1.807, 2.05) is 4.90 Å². The summed E-state index contributed by atoms with van der Waals surface area (Å²) in [7, 11) is 1.33. The molecular formula is C21H22N2O3. The van der Waals surface area contributed by atoms with E-state index in [9.17, 15) is 9.59 Å². The molecule has 4 rings (SSSR count). The summed E-state index contributed by atoms with van der Waals surface area (Å²) in [6.45, 7) is 3.39. The van der Waals surface area contributed by atoms with Crippen LogP contribution < -0.4 is 0 Å². The number of methoxy groups -OCH3 is 1. The first-order valence-electron chi connectivity index (χ1n) is 8.95. The van der Waals surface area contributed by atoms with E-state index in [0.29, 0.717) is 30.3 Å². The molecule has 0 saturated carbocycles. The van der Waals surface area contributed by atoms with Gasteiger partial charge in [-0.25, -0.2) is 4.79 Å². The van der Waals surface area contributed by atoms with E-state index in [1.165, 1.54) is 18.2 Å². The maximum atomic E-state index is 12.8. The van der Waals surface area contributed by atoms with Gasteiger partial charge in [0.05, 0.1) is 18.2 Å². The molecule has 0 aliphatic carbocycles. The van der Waals surface area contributed by atoms with Gasteiger partial charge in [0.15, 0.2) is 0 Å². The molecule has 1 amide bonds. The van der Waals surface area contributed by atoms with Gasteiger partial charge in [-0.1, -0.05) is 36.4 Å². The smallest absolute Gasteiger partial charge is 0.338 e. The second kappa shape index (κ2) is 6.92. The van der Waals surface area contributed by atoms with Crippen molar-refractivity contribution in [2.45, 2.75) is 19.0 Å². The molecule has 0 atom stereocenters. The van der Waals surface area contributed by atoms with Gasteiger partial charge in [-0.3, -0.25) is 9.69 Å². The van der Waals surface area contributed by atoms with Gasteiger partial charge in [0, 0.05) is 32.2 Å². The summed E-state index contributed by atoms with van der Waals surface area (Å²) in [5.41, 5.74) is 3.57. The van der Waals surface area contributed by atoms with Crippen molar-refractivity contribution >= 4 is 11.9 Å². The quantitative estimate of drug-likeness (QED) is 0.798. The summed E-state index contributed by atoms with van der Waals surface area (Å²) < 4.78 is 4.79. The topological polar surface area (TPSA) is 49.9 Å².